The van der Waals surface area contributed by atoms with Gasteiger partial charge in [0.05, 0.1) is 0 Å². The van der Waals surface area contributed by atoms with Crippen LogP contribution >= 0.6 is 0 Å². The van der Waals surface area contributed by atoms with E-state index in [1.54, 1.807) is 0 Å². The van der Waals surface area contributed by atoms with Crippen LogP contribution in [0.4, 0.5) is 0 Å². The zero-order chi connectivity index (χ0) is 13.8. The van der Waals surface area contributed by atoms with Crippen LogP contribution in [0.5, 0.6) is 0 Å². The van der Waals surface area contributed by atoms with Gasteiger partial charge in [-0.05, 0) is 51.2 Å². The predicted molar refractivity (Wildman–Crippen MR) is 81.0 cm³/mol. The Balaban J connectivity index is 2.93. The standard InChI is InChI=1S/C16H34N2/c1-7-16(6,18-12-10-9-11-13-18)14(17-8-2)15(3,4)5/h14,17H,7-13H2,1-6H3. The molecule has 1 saturated heterocycles. The molecule has 2 atom stereocenters. The van der Waals surface area contributed by atoms with Crippen LogP contribution in [-0.4, -0.2) is 36.1 Å². The zero-order valence-corrected chi connectivity index (χ0v) is 13.5. The van der Waals surface area contributed by atoms with Crippen molar-refractivity contribution in [3.05, 3.63) is 0 Å². The van der Waals surface area contributed by atoms with E-state index in [1.807, 2.05) is 0 Å². The van der Waals surface area contributed by atoms with E-state index in [0.29, 0.717) is 11.5 Å². The Kier molecular flexibility index (Phi) is 5.67. The lowest BCUT2D eigenvalue weighted by molar-refractivity contribution is 0.00634. The summed E-state index contributed by atoms with van der Waals surface area (Å²) in [5.41, 5.74) is 0.590. The van der Waals surface area contributed by atoms with Crippen molar-refractivity contribution in [2.75, 3.05) is 19.6 Å². The van der Waals surface area contributed by atoms with Crippen LogP contribution in [0.15, 0.2) is 0 Å². The van der Waals surface area contributed by atoms with E-state index < -0.39 is 0 Å². The molecule has 0 aromatic rings. The fraction of sp³-hybridized carbons (Fsp3) is 1.00. The third-order valence-corrected chi connectivity index (χ3v) is 4.69. The molecule has 0 amide bonds. The van der Waals surface area contributed by atoms with Crippen LogP contribution in [-0.2, 0) is 0 Å². The van der Waals surface area contributed by atoms with Gasteiger partial charge in [-0.3, -0.25) is 4.90 Å². The molecule has 2 heteroatoms. The molecule has 2 nitrogen and oxygen atoms in total. The monoisotopic (exact) mass is 254 g/mol. The molecule has 18 heavy (non-hydrogen) atoms. The van der Waals surface area contributed by atoms with E-state index in [0.717, 1.165) is 6.54 Å². The molecule has 0 aliphatic carbocycles. The molecule has 1 heterocycles. The maximum atomic E-state index is 3.77. The van der Waals surface area contributed by atoms with Crippen molar-refractivity contribution < 1.29 is 0 Å². The van der Waals surface area contributed by atoms with Gasteiger partial charge >= 0.3 is 0 Å². The zero-order valence-electron chi connectivity index (χ0n) is 13.5. The van der Waals surface area contributed by atoms with Crippen LogP contribution in [0.25, 0.3) is 0 Å². The van der Waals surface area contributed by atoms with Gasteiger partial charge in [-0.1, -0.05) is 41.0 Å². The minimum atomic E-state index is 0.286. The molecule has 0 spiro atoms. The number of rotatable bonds is 5. The topological polar surface area (TPSA) is 15.3 Å². The van der Waals surface area contributed by atoms with Crippen LogP contribution in [0.1, 0.15) is 67.2 Å². The smallest absolute Gasteiger partial charge is 0.0336 e. The van der Waals surface area contributed by atoms with Gasteiger partial charge in [-0.2, -0.15) is 0 Å². The van der Waals surface area contributed by atoms with Crippen molar-refractivity contribution in [2.45, 2.75) is 78.8 Å². The largest absolute Gasteiger partial charge is 0.312 e. The van der Waals surface area contributed by atoms with Gasteiger partial charge in [0.25, 0.3) is 0 Å². The van der Waals surface area contributed by atoms with Crippen LogP contribution in [0.2, 0.25) is 0 Å². The second-order valence-electron chi connectivity index (χ2n) is 7.12. The molecule has 0 radical (unpaired) electrons. The highest BCUT2D eigenvalue weighted by Gasteiger charge is 2.43. The average molecular weight is 254 g/mol. The Bertz CT molecular complexity index is 238. The number of likely N-dealkylation sites (N-methyl/N-ethyl adjacent to an activating group) is 1. The maximum absolute atomic E-state index is 3.77. The minimum absolute atomic E-state index is 0.286. The number of likely N-dealkylation sites (tertiary alicyclic amines) is 1. The van der Waals surface area contributed by atoms with Gasteiger partial charge in [-0.15, -0.1) is 0 Å². The molecule has 1 aliphatic rings. The van der Waals surface area contributed by atoms with E-state index in [1.165, 1.54) is 38.8 Å². The van der Waals surface area contributed by atoms with Crippen molar-refractivity contribution in [2.24, 2.45) is 5.41 Å². The number of nitrogens with one attached hydrogen (secondary N) is 1. The first kappa shape index (κ1) is 16.0. The first-order valence-electron chi connectivity index (χ1n) is 7.84. The molecule has 0 saturated carbocycles. The van der Waals surface area contributed by atoms with Gasteiger partial charge in [-0.25, -0.2) is 0 Å². The first-order valence-corrected chi connectivity index (χ1v) is 7.84. The molecule has 0 bridgehead atoms. The normalized spacial score (nSPS) is 23.7. The number of hydrogen-bond donors (Lipinski definition) is 1. The molecule has 1 rings (SSSR count). The number of nitrogens with zero attached hydrogens (tertiary/aromatic N) is 1. The van der Waals surface area contributed by atoms with Crippen LogP contribution < -0.4 is 5.32 Å². The average Bonchev–Trinajstić information content (AvgIpc) is 2.35. The highest BCUT2D eigenvalue weighted by Crippen LogP contribution is 2.36. The van der Waals surface area contributed by atoms with Gasteiger partial charge in [0.1, 0.15) is 0 Å². The van der Waals surface area contributed by atoms with Crippen molar-refractivity contribution >= 4 is 0 Å². The first-order chi connectivity index (χ1) is 8.36. The fourth-order valence-corrected chi connectivity index (χ4v) is 3.68. The maximum Gasteiger partial charge on any atom is 0.0336 e. The lowest BCUT2D eigenvalue weighted by atomic mass is 9.72. The second-order valence-corrected chi connectivity index (χ2v) is 7.12. The Morgan fingerprint density at radius 2 is 1.56 bits per heavy atom. The lowest BCUT2D eigenvalue weighted by Crippen LogP contribution is -2.64. The van der Waals surface area contributed by atoms with E-state index in [-0.39, 0.29) is 5.54 Å². The van der Waals surface area contributed by atoms with Gasteiger partial charge in [0, 0.05) is 11.6 Å². The summed E-state index contributed by atoms with van der Waals surface area (Å²) in [6, 6.07) is 0.554. The Morgan fingerprint density at radius 3 is 1.94 bits per heavy atom. The molecule has 2 unspecified atom stereocenters. The molecule has 1 aliphatic heterocycles. The summed E-state index contributed by atoms with van der Waals surface area (Å²) in [7, 11) is 0. The van der Waals surface area contributed by atoms with Gasteiger partial charge in [0.2, 0.25) is 0 Å². The van der Waals surface area contributed by atoms with E-state index >= 15 is 0 Å². The summed E-state index contributed by atoms with van der Waals surface area (Å²) < 4.78 is 0. The molecule has 108 valence electrons. The van der Waals surface area contributed by atoms with Gasteiger partial charge < -0.3 is 5.32 Å². The van der Waals surface area contributed by atoms with E-state index in [4.69, 9.17) is 0 Å². The number of piperidine rings is 1. The molecular weight excluding hydrogens is 220 g/mol. The Labute approximate surface area is 115 Å². The summed E-state index contributed by atoms with van der Waals surface area (Å²) in [6.07, 6.45) is 5.39. The molecule has 0 aromatic heterocycles. The quantitative estimate of drug-likeness (QED) is 0.805. The van der Waals surface area contributed by atoms with E-state index in [9.17, 15) is 0 Å². The van der Waals surface area contributed by atoms with Crippen molar-refractivity contribution in [1.82, 2.24) is 10.2 Å². The highest BCUT2D eigenvalue weighted by atomic mass is 15.2. The van der Waals surface area contributed by atoms with E-state index in [2.05, 4.69) is 51.8 Å². The lowest BCUT2D eigenvalue weighted by Gasteiger charge is -2.52. The van der Waals surface area contributed by atoms with Crippen LogP contribution in [0.3, 0.4) is 0 Å². The SMILES string of the molecule is CCNC(C(C)(C)C)C(C)(CC)N1CCCCC1. The Hall–Kier alpha value is -0.0800. The van der Waals surface area contributed by atoms with Crippen molar-refractivity contribution in [3.63, 3.8) is 0 Å². The third-order valence-electron chi connectivity index (χ3n) is 4.69. The molecule has 1 fully saturated rings. The van der Waals surface area contributed by atoms with Crippen LogP contribution in [0, 0.1) is 5.41 Å². The fourth-order valence-electron chi connectivity index (χ4n) is 3.68. The summed E-state index contributed by atoms with van der Waals surface area (Å²) in [5.74, 6) is 0. The summed E-state index contributed by atoms with van der Waals surface area (Å²) in [6.45, 7) is 17.8. The second kappa shape index (κ2) is 6.38. The summed E-state index contributed by atoms with van der Waals surface area (Å²) in [5, 5.41) is 3.77. The molecule has 0 aromatic carbocycles. The van der Waals surface area contributed by atoms with Crippen molar-refractivity contribution in [3.8, 4) is 0 Å². The minimum Gasteiger partial charge on any atom is -0.312 e. The van der Waals surface area contributed by atoms with Crippen molar-refractivity contribution in [1.29, 1.82) is 0 Å². The molecular formula is C16H34N2. The summed E-state index contributed by atoms with van der Waals surface area (Å²) >= 11 is 0. The summed E-state index contributed by atoms with van der Waals surface area (Å²) in [4.78, 5) is 2.75. The van der Waals surface area contributed by atoms with Gasteiger partial charge in [0.15, 0.2) is 0 Å². The highest BCUT2D eigenvalue weighted by molar-refractivity contribution is 5.02. The molecule has 1 N–H and O–H groups in total. The predicted octanol–water partition coefficient (Wildman–Crippen LogP) is 3.67. The third kappa shape index (κ3) is 3.48. The number of hydrogen-bond acceptors (Lipinski definition) is 2. The Morgan fingerprint density at radius 1 is 1.00 bits per heavy atom.